The van der Waals surface area contributed by atoms with Gasteiger partial charge in [-0.2, -0.15) is 9.61 Å². The molecule has 9 heteroatoms. The van der Waals surface area contributed by atoms with E-state index < -0.39 is 11.5 Å². The number of amides is 1. The first-order valence-electron chi connectivity index (χ1n) is 9.94. The number of anilines is 1. The summed E-state index contributed by atoms with van der Waals surface area (Å²) in [6.45, 7) is 8.27. The fraction of sp³-hybridized carbons (Fsp3) is 0.429. The van der Waals surface area contributed by atoms with Crippen molar-refractivity contribution in [2.24, 2.45) is 5.41 Å². The Bertz CT molecular complexity index is 1210. The van der Waals surface area contributed by atoms with Gasteiger partial charge in [0.2, 0.25) is 5.88 Å². The number of aromatic hydroxyl groups is 1. The highest BCUT2D eigenvalue weighted by Crippen LogP contribution is 2.29. The van der Waals surface area contributed by atoms with Crippen LogP contribution in [-0.4, -0.2) is 36.2 Å². The number of rotatable bonds is 4. The Morgan fingerprint density at radius 3 is 2.67 bits per heavy atom. The number of hydrogen-bond acceptors (Lipinski definition) is 6. The first-order chi connectivity index (χ1) is 14.0. The fourth-order valence-corrected chi connectivity index (χ4v) is 3.39. The van der Waals surface area contributed by atoms with Crippen molar-refractivity contribution in [3.8, 4) is 17.1 Å². The van der Waals surface area contributed by atoms with Gasteiger partial charge in [0.1, 0.15) is 11.5 Å². The third-order valence-electron chi connectivity index (χ3n) is 4.96. The minimum Gasteiger partial charge on any atom is -0.494 e. The molecule has 3 aromatic heterocycles. The van der Waals surface area contributed by atoms with Crippen molar-refractivity contribution >= 4 is 17.4 Å². The van der Waals surface area contributed by atoms with E-state index in [9.17, 15) is 14.7 Å². The van der Waals surface area contributed by atoms with E-state index in [1.807, 2.05) is 33.8 Å². The van der Waals surface area contributed by atoms with Gasteiger partial charge in [0.25, 0.3) is 11.5 Å². The summed E-state index contributed by atoms with van der Waals surface area (Å²) in [6, 6.07) is 3.57. The predicted molar refractivity (Wildman–Crippen MR) is 113 cm³/mol. The van der Waals surface area contributed by atoms with Crippen LogP contribution in [-0.2, 0) is 6.54 Å². The minimum atomic E-state index is -0.670. The van der Waals surface area contributed by atoms with Crippen LogP contribution >= 0.6 is 0 Å². The molecule has 1 aliphatic carbocycles. The number of nitrogens with one attached hydrogen (secondary N) is 1. The Morgan fingerprint density at radius 1 is 1.33 bits per heavy atom. The maximum atomic E-state index is 13.1. The average molecular weight is 410 g/mol. The fourth-order valence-electron chi connectivity index (χ4n) is 3.39. The Hall–Kier alpha value is -3.36. The molecule has 1 aliphatic rings. The van der Waals surface area contributed by atoms with Crippen molar-refractivity contribution < 1.29 is 9.90 Å². The lowest BCUT2D eigenvalue weighted by Gasteiger charge is -2.23. The number of carbonyl (C=O) groups is 1. The van der Waals surface area contributed by atoms with E-state index in [4.69, 9.17) is 5.73 Å². The van der Waals surface area contributed by atoms with Crippen LogP contribution in [0.25, 0.3) is 16.9 Å². The molecule has 0 aliphatic heterocycles. The largest absolute Gasteiger partial charge is 0.494 e. The number of fused-ring (bicyclic) bond motifs is 1. The molecule has 9 nitrogen and oxygen atoms in total. The van der Waals surface area contributed by atoms with Crippen LogP contribution in [0.3, 0.4) is 0 Å². The molecule has 4 N–H and O–H groups in total. The maximum Gasteiger partial charge on any atom is 0.291 e. The molecule has 1 amide bonds. The van der Waals surface area contributed by atoms with Crippen molar-refractivity contribution in [2.45, 2.75) is 53.1 Å². The van der Waals surface area contributed by atoms with Gasteiger partial charge < -0.3 is 16.2 Å². The van der Waals surface area contributed by atoms with E-state index in [1.54, 1.807) is 16.8 Å². The number of hydrogen-bond donors (Lipinski definition) is 3. The summed E-state index contributed by atoms with van der Waals surface area (Å²) < 4.78 is 2.71. The molecule has 0 aromatic carbocycles. The molecule has 1 fully saturated rings. The van der Waals surface area contributed by atoms with E-state index in [0.717, 1.165) is 22.9 Å². The summed E-state index contributed by atoms with van der Waals surface area (Å²) in [5.41, 5.74) is 7.14. The topological polar surface area (TPSA) is 128 Å². The van der Waals surface area contributed by atoms with E-state index in [0.29, 0.717) is 23.4 Å². The average Bonchev–Trinajstić information content (AvgIpc) is 3.34. The summed E-state index contributed by atoms with van der Waals surface area (Å²) >= 11 is 0. The highest BCUT2D eigenvalue weighted by atomic mass is 16.3. The Kier molecular flexibility index (Phi) is 4.56. The molecule has 0 spiro atoms. The maximum absolute atomic E-state index is 13.1. The first-order valence-corrected chi connectivity index (χ1v) is 9.94. The number of aryl methyl sites for hydroxylation is 1. The number of nitrogen functional groups attached to an aromatic ring is 1. The van der Waals surface area contributed by atoms with Gasteiger partial charge in [0, 0.05) is 30.4 Å². The quantitative estimate of drug-likeness (QED) is 0.604. The molecule has 30 heavy (non-hydrogen) atoms. The van der Waals surface area contributed by atoms with Gasteiger partial charge >= 0.3 is 0 Å². The highest BCUT2D eigenvalue weighted by molar-refractivity contribution is 5.96. The lowest BCUT2D eigenvalue weighted by Crippen LogP contribution is -2.35. The van der Waals surface area contributed by atoms with Crippen LogP contribution in [0.15, 0.2) is 23.1 Å². The molecular weight excluding hydrogens is 384 g/mol. The molecule has 3 aromatic rings. The summed E-state index contributed by atoms with van der Waals surface area (Å²) in [7, 11) is 0. The summed E-state index contributed by atoms with van der Waals surface area (Å²) in [6.07, 6.45) is 3.40. The molecule has 3 heterocycles. The van der Waals surface area contributed by atoms with Gasteiger partial charge in [-0.15, -0.1) is 0 Å². The van der Waals surface area contributed by atoms with Crippen LogP contribution in [0.4, 0.5) is 5.82 Å². The van der Waals surface area contributed by atoms with Crippen LogP contribution in [0, 0.1) is 12.3 Å². The molecule has 0 bridgehead atoms. The number of nitrogens with two attached hydrogens (primary N) is 1. The van der Waals surface area contributed by atoms with E-state index in [-0.39, 0.29) is 28.7 Å². The third-order valence-corrected chi connectivity index (χ3v) is 4.96. The first kappa shape index (κ1) is 19.9. The molecule has 0 saturated heterocycles. The van der Waals surface area contributed by atoms with Gasteiger partial charge in [0.15, 0.2) is 5.56 Å². The summed E-state index contributed by atoms with van der Waals surface area (Å²) in [5, 5.41) is 18.1. The monoisotopic (exact) mass is 410 g/mol. The lowest BCUT2D eigenvalue weighted by molar-refractivity contribution is 0.0944. The van der Waals surface area contributed by atoms with Crippen molar-refractivity contribution in [3.63, 3.8) is 0 Å². The molecule has 1 saturated carbocycles. The number of carbonyl (C=O) groups excluding carboxylic acids is 1. The minimum absolute atomic E-state index is 0.0504. The van der Waals surface area contributed by atoms with Crippen LogP contribution in [0.1, 0.15) is 49.5 Å². The zero-order chi connectivity index (χ0) is 21.8. The molecular formula is C21H26N6O3. The van der Waals surface area contributed by atoms with Gasteiger partial charge in [-0.1, -0.05) is 20.8 Å². The second-order valence-electron chi connectivity index (χ2n) is 9.14. The van der Waals surface area contributed by atoms with Crippen molar-refractivity contribution in [1.29, 1.82) is 0 Å². The van der Waals surface area contributed by atoms with Gasteiger partial charge in [-0.3, -0.25) is 14.2 Å². The summed E-state index contributed by atoms with van der Waals surface area (Å²) in [5.74, 6) is -0.657. The third kappa shape index (κ3) is 3.62. The molecule has 0 atom stereocenters. The molecule has 0 radical (unpaired) electrons. The van der Waals surface area contributed by atoms with E-state index >= 15 is 0 Å². The van der Waals surface area contributed by atoms with Crippen molar-refractivity contribution in [3.05, 3.63) is 39.8 Å². The Morgan fingerprint density at radius 2 is 2.03 bits per heavy atom. The standard InChI is InChI=1S/C21H26N6O3/c1-11-7-13(17(22)23-9-11)14-8-15-26(10-21(2,3)4)19(29)16(20(30)27(15)25-14)18(28)24-12-5-6-12/h7-9,12,29H,5-6,10H2,1-4H3,(H2,22,23)(H,24,28). The Balaban J connectivity index is 1.97. The van der Waals surface area contributed by atoms with Crippen LogP contribution in [0.5, 0.6) is 5.88 Å². The zero-order valence-corrected chi connectivity index (χ0v) is 17.6. The van der Waals surface area contributed by atoms with Crippen LogP contribution < -0.4 is 16.6 Å². The highest BCUT2D eigenvalue weighted by Gasteiger charge is 2.30. The smallest absolute Gasteiger partial charge is 0.291 e. The SMILES string of the molecule is Cc1cnc(N)c(-c2cc3n(CC(C)(C)C)c(O)c(C(=O)NC4CC4)c(=O)n3n2)c1. The van der Waals surface area contributed by atoms with Gasteiger partial charge in [0.05, 0.1) is 5.69 Å². The van der Waals surface area contributed by atoms with E-state index in [1.165, 1.54) is 0 Å². The Labute approximate surface area is 173 Å². The number of pyridine rings is 1. The van der Waals surface area contributed by atoms with Crippen molar-refractivity contribution in [1.82, 2.24) is 24.5 Å². The molecule has 0 unspecified atom stereocenters. The molecule has 158 valence electrons. The van der Waals surface area contributed by atoms with Gasteiger partial charge in [-0.05, 0) is 36.8 Å². The zero-order valence-electron chi connectivity index (χ0n) is 17.6. The van der Waals surface area contributed by atoms with Crippen molar-refractivity contribution in [2.75, 3.05) is 5.73 Å². The summed E-state index contributed by atoms with van der Waals surface area (Å²) in [4.78, 5) is 30.0. The number of nitrogens with zero attached hydrogens (tertiary/aromatic N) is 4. The van der Waals surface area contributed by atoms with Crippen LogP contribution in [0.2, 0.25) is 0 Å². The second-order valence-corrected chi connectivity index (χ2v) is 9.14. The second kappa shape index (κ2) is 6.86. The molecule has 4 rings (SSSR count). The predicted octanol–water partition coefficient (Wildman–Crippen LogP) is 2.09. The normalized spacial score (nSPS) is 14.3. The lowest BCUT2D eigenvalue weighted by atomic mass is 9.96. The number of aromatic nitrogens is 4. The van der Waals surface area contributed by atoms with E-state index in [2.05, 4.69) is 15.4 Å². The van der Waals surface area contributed by atoms with Gasteiger partial charge in [-0.25, -0.2) is 4.98 Å².